The Kier molecular flexibility index (Phi) is 2.98. The van der Waals surface area contributed by atoms with Crippen molar-refractivity contribution < 1.29 is 18.8 Å². The number of imide groups is 1. The summed E-state index contributed by atoms with van der Waals surface area (Å²) in [4.78, 5) is 37.5. The van der Waals surface area contributed by atoms with E-state index in [1.807, 2.05) is 13.8 Å². The minimum absolute atomic E-state index is 0.0793. The van der Waals surface area contributed by atoms with Crippen LogP contribution >= 0.6 is 0 Å². The average Bonchev–Trinajstić information content (AvgIpc) is 3.26. The molecule has 2 aliphatic carbocycles. The molecule has 0 radical (unpaired) electrons. The zero-order chi connectivity index (χ0) is 16.3. The van der Waals surface area contributed by atoms with Crippen molar-refractivity contribution in [3.63, 3.8) is 0 Å². The first kappa shape index (κ1) is 14.2. The molecular weight excluding hydrogens is 296 g/mol. The van der Waals surface area contributed by atoms with Crippen molar-refractivity contribution in [2.45, 2.75) is 26.7 Å². The molecule has 23 heavy (non-hydrogen) atoms. The Hall–Kier alpha value is -2.37. The maximum absolute atomic E-state index is 12.7. The molecule has 0 spiro atoms. The van der Waals surface area contributed by atoms with Gasteiger partial charge in [0.25, 0.3) is 11.8 Å². The molecule has 4 rings (SSSR count). The van der Waals surface area contributed by atoms with Gasteiger partial charge in [-0.1, -0.05) is 11.1 Å². The molecule has 4 atom stereocenters. The Morgan fingerprint density at radius 3 is 2.26 bits per heavy atom. The molecule has 2 bridgehead atoms. The second-order valence-electron chi connectivity index (χ2n) is 6.73. The standard InChI is InChI=1S/C17H18N2O4/c1-8(2)12-9-5-6-10(12)14-13(9)16(21)19(17(14)22)18-15(20)11-4-3-7-23-11/h3-4,7,9-10,13-14H,5-6H2,1-2H3,(H,18,20)/t9-,10-,13-,14-/m1/s1. The Bertz CT molecular complexity index is 698. The van der Waals surface area contributed by atoms with Crippen LogP contribution in [0.2, 0.25) is 0 Å². The van der Waals surface area contributed by atoms with Gasteiger partial charge in [-0.15, -0.1) is 0 Å². The topological polar surface area (TPSA) is 79.6 Å². The van der Waals surface area contributed by atoms with Crippen LogP contribution in [0.15, 0.2) is 34.0 Å². The van der Waals surface area contributed by atoms with Crippen molar-refractivity contribution in [1.29, 1.82) is 0 Å². The summed E-state index contributed by atoms with van der Waals surface area (Å²) < 4.78 is 5.00. The molecule has 2 saturated carbocycles. The highest BCUT2D eigenvalue weighted by molar-refractivity contribution is 6.08. The summed E-state index contributed by atoms with van der Waals surface area (Å²) in [5.74, 6) is -1.40. The molecule has 6 nitrogen and oxygen atoms in total. The molecule has 3 amide bonds. The van der Waals surface area contributed by atoms with Crippen LogP contribution in [0.1, 0.15) is 37.2 Å². The first-order valence-corrected chi connectivity index (χ1v) is 7.90. The summed E-state index contributed by atoms with van der Waals surface area (Å²) in [5.41, 5.74) is 4.92. The number of hydrogen-bond donors (Lipinski definition) is 1. The van der Waals surface area contributed by atoms with Crippen LogP contribution < -0.4 is 5.43 Å². The minimum atomic E-state index is -0.577. The number of furan rings is 1. The van der Waals surface area contributed by atoms with Gasteiger partial charge >= 0.3 is 5.91 Å². The molecule has 1 aromatic heterocycles. The number of rotatable bonds is 2. The van der Waals surface area contributed by atoms with E-state index in [1.54, 1.807) is 6.07 Å². The van der Waals surface area contributed by atoms with Crippen molar-refractivity contribution in [2.75, 3.05) is 0 Å². The zero-order valence-electron chi connectivity index (χ0n) is 13.0. The summed E-state index contributed by atoms with van der Waals surface area (Å²) in [5, 5.41) is 0.910. The normalized spacial score (nSPS) is 31.7. The number of hydrazine groups is 1. The number of allylic oxidation sites excluding steroid dienone is 2. The molecule has 1 aliphatic heterocycles. The van der Waals surface area contributed by atoms with Crippen LogP contribution in [0.5, 0.6) is 0 Å². The van der Waals surface area contributed by atoms with Crippen LogP contribution in [-0.4, -0.2) is 22.7 Å². The molecule has 1 N–H and O–H groups in total. The van der Waals surface area contributed by atoms with Crippen molar-refractivity contribution in [1.82, 2.24) is 10.4 Å². The minimum Gasteiger partial charge on any atom is -0.459 e. The molecule has 1 aromatic rings. The van der Waals surface area contributed by atoms with Gasteiger partial charge in [-0.3, -0.25) is 19.8 Å². The molecule has 3 fully saturated rings. The number of carbonyl (C=O) groups is 3. The maximum Gasteiger partial charge on any atom is 0.305 e. The Balaban J connectivity index is 1.61. The lowest BCUT2D eigenvalue weighted by atomic mass is 9.81. The van der Waals surface area contributed by atoms with E-state index in [2.05, 4.69) is 5.43 Å². The third kappa shape index (κ3) is 1.84. The zero-order valence-corrected chi connectivity index (χ0v) is 13.0. The first-order chi connectivity index (χ1) is 11.0. The summed E-state index contributed by atoms with van der Waals surface area (Å²) >= 11 is 0. The fourth-order valence-corrected chi connectivity index (χ4v) is 4.67. The second-order valence-corrected chi connectivity index (χ2v) is 6.73. The third-order valence-corrected chi connectivity index (χ3v) is 5.39. The number of hydrogen-bond acceptors (Lipinski definition) is 4. The average molecular weight is 314 g/mol. The molecule has 0 aromatic carbocycles. The number of amides is 3. The van der Waals surface area contributed by atoms with Gasteiger partial charge in [0.1, 0.15) is 0 Å². The van der Waals surface area contributed by atoms with E-state index in [4.69, 9.17) is 4.42 Å². The number of nitrogens with one attached hydrogen (secondary N) is 1. The van der Waals surface area contributed by atoms with Crippen LogP contribution in [0.3, 0.4) is 0 Å². The van der Waals surface area contributed by atoms with E-state index in [0.29, 0.717) is 0 Å². The van der Waals surface area contributed by atoms with Gasteiger partial charge in [-0.2, -0.15) is 5.01 Å². The van der Waals surface area contributed by atoms with Crippen molar-refractivity contribution >= 4 is 17.7 Å². The highest BCUT2D eigenvalue weighted by atomic mass is 16.3. The van der Waals surface area contributed by atoms with Crippen molar-refractivity contribution in [3.05, 3.63) is 35.3 Å². The van der Waals surface area contributed by atoms with E-state index in [-0.39, 0.29) is 41.2 Å². The summed E-state index contributed by atoms with van der Waals surface area (Å²) in [6.07, 6.45) is 3.27. The van der Waals surface area contributed by atoms with Gasteiger partial charge < -0.3 is 4.42 Å². The molecule has 6 heteroatoms. The molecule has 120 valence electrons. The van der Waals surface area contributed by atoms with Gasteiger partial charge in [0.05, 0.1) is 18.1 Å². The lowest BCUT2D eigenvalue weighted by molar-refractivity contribution is -0.143. The van der Waals surface area contributed by atoms with Gasteiger partial charge in [0.15, 0.2) is 5.76 Å². The molecule has 1 saturated heterocycles. The van der Waals surface area contributed by atoms with Crippen LogP contribution in [-0.2, 0) is 9.59 Å². The number of carbonyl (C=O) groups excluding carboxylic acids is 3. The Morgan fingerprint density at radius 1 is 1.17 bits per heavy atom. The van der Waals surface area contributed by atoms with E-state index in [1.165, 1.54) is 23.5 Å². The molecule has 2 heterocycles. The van der Waals surface area contributed by atoms with Crippen LogP contribution in [0, 0.1) is 23.7 Å². The predicted molar refractivity (Wildman–Crippen MR) is 79.6 cm³/mol. The van der Waals surface area contributed by atoms with Gasteiger partial charge in [-0.05, 0) is 50.7 Å². The van der Waals surface area contributed by atoms with Crippen LogP contribution in [0.25, 0.3) is 0 Å². The maximum atomic E-state index is 12.7. The largest absolute Gasteiger partial charge is 0.459 e. The van der Waals surface area contributed by atoms with E-state index >= 15 is 0 Å². The Labute approximate surface area is 133 Å². The lowest BCUT2D eigenvalue weighted by Gasteiger charge is -2.19. The van der Waals surface area contributed by atoms with E-state index in [0.717, 1.165) is 17.9 Å². The van der Waals surface area contributed by atoms with E-state index < -0.39 is 5.91 Å². The fraction of sp³-hybridized carbons (Fsp3) is 0.471. The van der Waals surface area contributed by atoms with Gasteiger partial charge in [0, 0.05) is 0 Å². The first-order valence-electron chi connectivity index (χ1n) is 7.90. The van der Waals surface area contributed by atoms with E-state index in [9.17, 15) is 14.4 Å². The summed E-state index contributed by atoms with van der Waals surface area (Å²) in [7, 11) is 0. The quantitative estimate of drug-likeness (QED) is 0.668. The van der Waals surface area contributed by atoms with Gasteiger partial charge in [-0.25, -0.2) is 0 Å². The fourth-order valence-electron chi connectivity index (χ4n) is 4.67. The SMILES string of the molecule is CC(C)=C1[C@H]2CC[C@H]1[C@H]1C(=O)N(NC(=O)c3ccco3)C(=O)[C@@H]12. The molecular formula is C17H18N2O4. The molecule has 3 aliphatic rings. The van der Waals surface area contributed by atoms with Crippen molar-refractivity contribution in [3.8, 4) is 0 Å². The third-order valence-electron chi connectivity index (χ3n) is 5.39. The highest BCUT2D eigenvalue weighted by Crippen LogP contribution is 2.59. The number of nitrogens with zero attached hydrogens (tertiary/aromatic N) is 1. The number of fused-ring (bicyclic) bond motifs is 5. The monoisotopic (exact) mass is 314 g/mol. The molecule has 0 unspecified atom stereocenters. The van der Waals surface area contributed by atoms with Crippen molar-refractivity contribution in [2.24, 2.45) is 23.7 Å². The van der Waals surface area contributed by atoms with Crippen LogP contribution in [0.4, 0.5) is 0 Å². The second kappa shape index (κ2) is 4.81. The smallest absolute Gasteiger partial charge is 0.305 e. The lowest BCUT2D eigenvalue weighted by Crippen LogP contribution is -2.47. The highest BCUT2D eigenvalue weighted by Gasteiger charge is 2.63. The summed E-state index contributed by atoms with van der Waals surface area (Å²) in [6, 6.07) is 3.07. The Morgan fingerprint density at radius 2 is 1.78 bits per heavy atom. The summed E-state index contributed by atoms with van der Waals surface area (Å²) in [6.45, 7) is 4.10. The van der Waals surface area contributed by atoms with Gasteiger partial charge in [0.2, 0.25) is 0 Å². The predicted octanol–water partition coefficient (Wildman–Crippen LogP) is 1.90.